The van der Waals surface area contributed by atoms with Crippen LogP contribution in [0.4, 0.5) is 10.1 Å². The standard InChI is InChI=1S/C32H38FN3O5/c1-4-5-15-36(24-9-11-26(33)21(2)16-24)30(37)19-35-18-25(22-8-13-28-29(17-22)41-20-40-28)31(32(38)39)27(35)12-10-23-7-6-14-34(23)3/h6-9,11,13-14,16-17,25,27,31H,4-5,10,12,15,18-20H2,1-3H3,(H,38,39)/t25-,27+,31-/m1/s1. The first-order chi connectivity index (χ1) is 19.8. The third-order valence-electron chi connectivity index (χ3n) is 8.43. The lowest BCUT2D eigenvalue weighted by atomic mass is 9.83. The summed E-state index contributed by atoms with van der Waals surface area (Å²) < 4.78 is 27.1. The van der Waals surface area contributed by atoms with Crippen LogP contribution >= 0.6 is 0 Å². The molecule has 0 saturated carbocycles. The first-order valence-corrected chi connectivity index (χ1v) is 14.3. The van der Waals surface area contributed by atoms with E-state index >= 15 is 0 Å². The molecule has 5 rings (SSSR count). The molecule has 0 radical (unpaired) electrons. The van der Waals surface area contributed by atoms with Crippen LogP contribution in [0.25, 0.3) is 0 Å². The highest BCUT2D eigenvalue weighted by molar-refractivity contribution is 5.95. The summed E-state index contributed by atoms with van der Waals surface area (Å²) in [5.41, 5.74) is 3.10. The number of aryl methyl sites for hydroxylation is 3. The Morgan fingerprint density at radius 1 is 1.12 bits per heavy atom. The number of fused-ring (bicyclic) bond motifs is 1. The molecule has 3 heterocycles. The number of carbonyl (C=O) groups is 2. The summed E-state index contributed by atoms with van der Waals surface area (Å²) in [5.74, 6) is -1.09. The summed E-state index contributed by atoms with van der Waals surface area (Å²) >= 11 is 0. The van der Waals surface area contributed by atoms with Crippen molar-refractivity contribution >= 4 is 17.6 Å². The van der Waals surface area contributed by atoms with E-state index in [2.05, 4.69) is 6.92 Å². The van der Waals surface area contributed by atoms with Gasteiger partial charge in [-0.2, -0.15) is 0 Å². The Hall–Kier alpha value is -3.85. The number of carboxylic acids is 1. The Morgan fingerprint density at radius 2 is 1.93 bits per heavy atom. The molecule has 218 valence electrons. The molecule has 0 spiro atoms. The highest BCUT2D eigenvalue weighted by Gasteiger charge is 2.47. The number of unbranched alkanes of at least 4 members (excludes halogenated alkanes) is 1. The molecular formula is C32H38FN3O5. The Balaban J connectivity index is 1.45. The number of benzene rings is 2. The lowest BCUT2D eigenvalue weighted by molar-refractivity contribution is -0.143. The van der Waals surface area contributed by atoms with Gasteiger partial charge in [0, 0.05) is 49.7 Å². The molecule has 1 aromatic heterocycles. The largest absolute Gasteiger partial charge is 0.481 e. The lowest BCUT2D eigenvalue weighted by Gasteiger charge is -2.30. The fraction of sp³-hybridized carbons (Fsp3) is 0.438. The minimum atomic E-state index is -0.878. The number of amides is 1. The fourth-order valence-corrected chi connectivity index (χ4v) is 6.16. The highest BCUT2D eigenvalue weighted by Crippen LogP contribution is 2.43. The van der Waals surface area contributed by atoms with Crippen molar-refractivity contribution in [3.63, 3.8) is 0 Å². The number of halogens is 1. The van der Waals surface area contributed by atoms with Crippen LogP contribution < -0.4 is 14.4 Å². The Kier molecular flexibility index (Phi) is 8.63. The van der Waals surface area contributed by atoms with Crippen molar-refractivity contribution in [2.24, 2.45) is 13.0 Å². The highest BCUT2D eigenvalue weighted by atomic mass is 19.1. The molecule has 2 aromatic carbocycles. The molecule has 9 heteroatoms. The third kappa shape index (κ3) is 6.10. The second kappa shape index (κ2) is 12.3. The monoisotopic (exact) mass is 563 g/mol. The average molecular weight is 564 g/mol. The van der Waals surface area contributed by atoms with Gasteiger partial charge in [-0.3, -0.25) is 14.5 Å². The van der Waals surface area contributed by atoms with E-state index in [1.165, 1.54) is 6.07 Å². The maximum absolute atomic E-state index is 14.0. The normalized spacial score (nSPS) is 20.0. The number of carboxylic acid groups (broad SMARTS) is 1. The topological polar surface area (TPSA) is 84.2 Å². The molecule has 2 aliphatic rings. The number of rotatable bonds is 11. The fourth-order valence-electron chi connectivity index (χ4n) is 6.16. The van der Waals surface area contributed by atoms with Gasteiger partial charge in [0.15, 0.2) is 11.5 Å². The summed E-state index contributed by atoms with van der Waals surface area (Å²) in [6, 6.07) is 14.0. The van der Waals surface area contributed by atoms with Gasteiger partial charge < -0.3 is 24.0 Å². The van der Waals surface area contributed by atoms with Crippen LogP contribution in [0.1, 0.15) is 48.9 Å². The summed E-state index contributed by atoms with van der Waals surface area (Å²) in [5, 5.41) is 10.5. The van der Waals surface area contributed by atoms with Gasteiger partial charge in [0.2, 0.25) is 12.7 Å². The second-order valence-electron chi connectivity index (χ2n) is 11.1. The number of hydrogen-bond donors (Lipinski definition) is 1. The van der Waals surface area contributed by atoms with Crippen molar-refractivity contribution in [3.8, 4) is 11.5 Å². The molecule has 1 amide bonds. The SMILES string of the molecule is CCCCN(C(=O)CN1C[C@H](c2ccc3c(c2)OCO3)[C@@H](C(=O)O)[C@@H]1CCc1cccn1C)c1ccc(F)c(C)c1. The van der Waals surface area contributed by atoms with Crippen molar-refractivity contribution in [2.45, 2.75) is 51.5 Å². The number of nitrogens with zero attached hydrogens (tertiary/aromatic N) is 3. The second-order valence-corrected chi connectivity index (χ2v) is 11.1. The first kappa shape index (κ1) is 28.7. The predicted octanol–water partition coefficient (Wildman–Crippen LogP) is 5.14. The van der Waals surface area contributed by atoms with Gasteiger partial charge in [0.05, 0.1) is 12.5 Å². The van der Waals surface area contributed by atoms with Crippen molar-refractivity contribution in [1.29, 1.82) is 0 Å². The van der Waals surface area contributed by atoms with E-state index < -0.39 is 11.9 Å². The van der Waals surface area contributed by atoms with Gasteiger partial charge in [-0.1, -0.05) is 19.4 Å². The van der Waals surface area contributed by atoms with Crippen LogP contribution in [0, 0.1) is 18.7 Å². The summed E-state index contributed by atoms with van der Waals surface area (Å²) in [6.45, 7) is 4.90. The maximum atomic E-state index is 14.0. The molecule has 1 fully saturated rings. The predicted molar refractivity (Wildman–Crippen MR) is 154 cm³/mol. The first-order valence-electron chi connectivity index (χ1n) is 14.3. The Bertz CT molecular complexity index is 1410. The molecule has 8 nitrogen and oxygen atoms in total. The van der Waals surface area contributed by atoms with Crippen LogP contribution in [-0.4, -0.2) is 58.9 Å². The number of carbonyl (C=O) groups excluding carboxylic acids is 1. The lowest BCUT2D eigenvalue weighted by Crippen LogP contribution is -2.44. The number of likely N-dealkylation sites (tertiary alicyclic amines) is 1. The molecule has 41 heavy (non-hydrogen) atoms. The minimum Gasteiger partial charge on any atom is -0.481 e. The number of ether oxygens (including phenoxy) is 2. The van der Waals surface area contributed by atoms with Gasteiger partial charge in [-0.15, -0.1) is 0 Å². The quantitative estimate of drug-likeness (QED) is 0.348. The number of aromatic nitrogens is 1. The Morgan fingerprint density at radius 3 is 2.63 bits per heavy atom. The third-order valence-corrected chi connectivity index (χ3v) is 8.43. The van der Waals surface area contributed by atoms with E-state index in [0.717, 1.165) is 24.1 Å². The van der Waals surface area contributed by atoms with Gasteiger partial charge in [0.1, 0.15) is 5.82 Å². The summed E-state index contributed by atoms with van der Waals surface area (Å²) in [4.78, 5) is 30.5. The number of anilines is 1. The summed E-state index contributed by atoms with van der Waals surface area (Å²) in [7, 11) is 1.98. The molecule has 1 saturated heterocycles. The zero-order chi connectivity index (χ0) is 29.1. The zero-order valence-electron chi connectivity index (χ0n) is 23.9. The zero-order valence-corrected chi connectivity index (χ0v) is 23.9. The molecule has 3 atom stereocenters. The molecule has 1 N–H and O–H groups in total. The van der Waals surface area contributed by atoms with Gasteiger partial charge in [-0.25, -0.2) is 4.39 Å². The molecule has 0 bridgehead atoms. The van der Waals surface area contributed by atoms with E-state index in [1.54, 1.807) is 24.0 Å². The van der Waals surface area contributed by atoms with Gasteiger partial charge in [0.25, 0.3) is 0 Å². The van der Waals surface area contributed by atoms with Crippen LogP contribution in [0.5, 0.6) is 11.5 Å². The minimum absolute atomic E-state index is 0.0722. The van der Waals surface area contributed by atoms with E-state index in [-0.39, 0.29) is 37.0 Å². The van der Waals surface area contributed by atoms with Gasteiger partial charge in [-0.05, 0) is 79.8 Å². The number of hydrogen-bond acceptors (Lipinski definition) is 5. The van der Waals surface area contributed by atoms with E-state index in [0.29, 0.717) is 48.7 Å². The number of aliphatic carboxylic acids is 1. The van der Waals surface area contributed by atoms with Crippen molar-refractivity contribution in [1.82, 2.24) is 9.47 Å². The van der Waals surface area contributed by atoms with Crippen molar-refractivity contribution in [2.75, 3.05) is 31.3 Å². The molecular weight excluding hydrogens is 525 g/mol. The maximum Gasteiger partial charge on any atom is 0.308 e. The average Bonchev–Trinajstić information content (AvgIpc) is 3.67. The van der Waals surface area contributed by atoms with Crippen LogP contribution in [0.3, 0.4) is 0 Å². The van der Waals surface area contributed by atoms with Gasteiger partial charge >= 0.3 is 5.97 Å². The van der Waals surface area contributed by atoms with Crippen LogP contribution in [0.15, 0.2) is 54.7 Å². The molecule has 0 unspecified atom stereocenters. The van der Waals surface area contributed by atoms with E-state index in [9.17, 15) is 19.1 Å². The van der Waals surface area contributed by atoms with Crippen LogP contribution in [0.2, 0.25) is 0 Å². The van der Waals surface area contributed by atoms with E-state index in [1.807, 2.05) is 53.0 Å². The van der Waals surface area contributed by atoms with E-state index in [4.69, 9.17) is 9.47 Å². The van der Waals surface area contributed by atoms with Crippen molar-refractivity contribution in [3.05, 3.63) is 77.4 Å². The molecule has 3 aromatic rings. The molecule has 2 aliphatic heterocycles. The van der Waals surface area contributed by atoms with Crippen molar-refractivity contribution < 1.29 is 28.6 Å². The molecule has 0 aliphatic carbocycles. The smallest absolute Gasteiger partial charge is 0.308 e. The summed E-state index contributed by atoms with van der Waals surface area (Å²) in [6.07, 6.45) is 4.96. The Labute approximate surface area is 240 Å². The van der Waals surface area contributed by atoms with Crippen LogP contribution in [-0.2, 0) is 23.1 Å².